The molecule has 1 unspecified atom stereocenters. The van der Waals surface area contributed by atoms with Crippen molar-refractivity contribution in [3.8, 4) is 0 Å². The van der Waals surface area contributed by atoms with E-state index in [0.717, 1.165) is 13.0 Å². The molecule has 2 aromatic carbocycles. The van der Waals surface area contributed by atoms with Gasteiger partial charge in [-0.2, -0.15) is 13.2 Å². The summed E-state index contributed by atoms with van der Waals surface area (Å²) in [4.78, 5) is 36.0. The summed E-state index contributed by atoms with van der Waals surface area (Å²) in [6.45, 7) is 1.00. The summed E-state index contributed by atoms with van der Waals surface area (Å²) in [6.07, 6.45) is -4.95. The number of carbonyl (C=O) groups excluding carboxylic acids is 3. The molecule has 0 saturated heterocycles. The van der Waals surface area contributed by atoms with Gasteiger partial charge in [0.15, 0.2) is 0 Å². The van der Waals surface area contributed by atoms with Gasteiger partial charge in [-0.3, -0.25) is 14.4 Å². The molecule has 0 aliphatic heterocycles. The molecule has 2 rings (SSSR count). The zero-order valence-corrected chi connectivity index (χ0v) is 16.6. The molecular weight excluding hydrogens is 418 g/mol. The first-order valence-electron chi connectivity index (χ1n) is 9.27. The number of primary amides is 1. The second-order valence-corrected chi connectivity index (χ2v) is 6.82. The fourth-order valence-electron chi connectivity index (χ4n) is 2.88. The molecule has 0 bridgehead atoms. The quantitative estimate of drug-likeness (QED) is 0.551. The molecule has 0 aliphatic rings. The zero-order chi connectivity index (χ0) is 23.2. The number of nitrogens with two attached hydrogens (primary N) is 1. The summed E-state index contributed by atoms with van der Waals surface area (Å²) in [5.41, 5.74) is 3.44. The van der Waals surface area contributed by atoms with Crippen molar-refractivity contribution in [1.29, 1.82) is 0 Å². The van der Waals surface area contributed by atoms with E-state index in [2.05, 4.69) is 10.6 Å². The molecule has 6 nitrogen and oxygen atoms in total. The number of hydrogen-bond acceptors (Lipinski definition) is 3. The number of hydrogen-bond donors (Lipinski definition) is 3. The minimum Gasteiger partial charge on any atom is -0.370 e. The molecular formula is C21H21F4N3O3. The normalized spacial score (nSPS) is 12.2. The molecule has 10 heteroatoms. The molecule has 0 spiro atoms. The highest BCUT2D eigenvalue weighted by molar-refractivity contribution is 5.98. The monoisotopic (exact) mass is 439 g/mol. The molecule has 0 aliphatic carbocycles. The van der Waals surface area contributed by atoms with Crippen molar-refractivity contribution in [3.05, 3.63) is 70.5 Å². The summed E-state index contributed by atoms with van der Waals surface area (Å²) in [5.74, 6) is -3.70. The second-order valence-electron chi connectivity index (χ2n) is 6.82. The predicted molar refractivity (Wildman–Crippen MR) is 104 cm³/mol. The van der Waals surface area contributed by atoms with Crippen molar-refractivity contribution in [2.24, 2.45) is 5.73 Å². The van der Waals surface area contributed by atoms with Crippen LogP contribution in [0.2, 0.25) is 0 Å². The van der Waals surface area contributed by atoms with Gasteiger partial charge >= 0.3 is 6.18 Å². The first-order valence-corrected chi connectivity index (χ1v) is 9.27. The summed E-state index contributed by atoms with van der Waals surface area (Å²) in [7, 11) is 0. The number of amides is 3. The summed E-state index contributed by atoms with van der Waals surface area (Å²) < 4.78 is 52.8. The van der Waals surface area contributed by atoms with Gasteiger partial charge in [0, 0.05) is 24.9 Å². The highest BCUT2D eigenvalue weighted by atomic mass is 19.4. The van der Waals surface area contributed by atoms with Crippen LogP contribution < -0.4 is 16.4 Å². The molecule has 2 aromatic rings. The SMILES string of the molecule is Cc1c(C(=O)NC(Cc2ccccc2)C(=O)NCCC(N)=O)ccc(C(F)(F)F)c1F. The van der Waals surface area contributed by atoms with E-state index < -0.39 is 46.9 Å². The van der Waals surface area contributed by atoms with E-state index in [4.69, 9.17) is 5.73 Å². The predicted octanol–water partition coefficient (Wildman–Crippen LogP) is 2.49. The Balaban J connectivity index is 2.24. The van der Waals surface area contributed by atoms with Crippen molar-refractivity contribution in [2.45, 2.75) is 32.0 Å². The van der Waals surface area contributed by atoms with Gasteiger partial charge in [-0.25, -0.2) is 4.39 Å². The van der Waals surface area contributed by atoms with E-state index >= 15 is 0 Å². The Labute approximate surface area is 175 Å². The van der Waals surface area contributed by atoms with Crippen molar-refractivity contribution in [2.75, 3.05) is 6.54 Å². The fraction of sp³-hybridized carbons (Fsp3) is 0.286. The van der Waals surface area contributed by atoms with Crippen LogP contribution in [0.15, 0.2) is 42.5 Å². The van der Waals surface area contributed by atoms with Gasteiger partial charge < -0.3 is 16.4 Å². The third kappa shape index (κ3) is 6.53. The number of alkyl halides is 3. The largest absolute Gasteiger partial charge is 0.419 e. The van der Waals surface area contributed by atoms with E-state index in [1.807, 2.05) is 0 Å². The van der Waals surface area contributed by atoms with Crippen molar-refractivity contribution >= 4 is 17.7 Å². The molecule has 0 aromatic heterocycles. The van der Waals surface area contributed by atoms with E-state index in [1.54, 1.807) is 30.3 Å². The number of benzene rings is 2. The van der Waals surface area contributed by atoms with E-state index in [9.17, 15) is 31.9 Å². The Kier molecular flexibility index (Phi) is 7.73. The molecule has 1 atom stereocenters. The number of halogens is 4. The van der Waals surface area contributed by atoms with Crippen molar-refractivity contribution < 1.29 is 31.9 Å². The molecule has 0 radical (unpaired) electrons. The van der Waals surface area contributed by atoms with Crippen LogP contribution in [0, 0.1) is 12.7 Å². The van der Waals surface area contributed by atoms with Crippen LogP contribution in [0.4, 0.5) is 17.6 Å². The molecule has 4 N–H and O–H groups in total. The molecule has 3 amide bonds. The molecule has 0 saturated carbocycles. The lowest BCUT2D eigenvalue weighted by atomic mass is 10.0. The minimum atomic E-state index is -4.90. The number of carbonyl (C=O) groups is 3. The maximum atomic E-state index is 14.2. The zero-order valence-electron chi connectivity index (χ0n) is 16.6. The van der Waals surface area contributed by atoms with Crippen LogP contribution in [-0.4, -0.2) is 30.3 Å². The highest BCUT2D eigenvalue weighted by Crippen LogP contribution is 2.33. The van der Waals surface area contributed by atoms with Crippen LogP contribution >= 0.6 is 0 Å². The highest BCUT2D eigenvalue weighted by Gasteiger charge is 2.35. The van der Waals surface area contributed by atoms with Crippen LogP contribution in [0.3, 0.4) is 0 Å². The molecule has 31 heavy (non-hydrogen) atoms. The van der Waals surface area contributed by atoms with Crippen LogP contribution in [0.25, 0.3) is 0 Å². The van der Waals surface area contributed by atoms with Gasteiger partial charge in [-0.1, -0.05) is 30.3 Å². The summed E-state index contributed by atoms with van der Waals surface area (Å²) >= 11 is 0. The lowest BCUT2D eigenvalue weighted by Gasteiger charge is -2.20. The standard InChI is InChI=1S/C21H21F4N3O3/c1-12-14(7-8-15(18(12)22)21(23,24)25)19(30)28-16(11-13-5-3-2-4-6-13)20(31)27-10-9-17(26)29/h2-8,16H,9-11H2,1H3,(H2,26,29)(H,27,31)(H,28,30). The third-order valence-corrected chi connectivity index (χ3v) is 4.51. The third-order valence-electron chi connectivity index (χ3n) is 4.51. The van der Waals surface area contributed by atoms with Crippen LogP contribution in [0.5, 0.6) is 0 Å². The van der Waals surface area contributed by atoms with Crippen molar-refractivity contribution in [1.82, 2.24) is 10.6 Å². The summed E-state index contributed by atoms with van der Waals surface area (Å²) in [5, 5.41) is 4.90. The maximum Gasteiger partial charge on any atom is 0.419 e. The Bertz CT molecular complexity index is 962. The van der Waals surface area contributed by atoms with Gasteiger partial charge in [0.05, 0.1) is 5.56 Å². The van der Waals surface area contributed by atoms with Gasteiger partial charge in [0.25, 0.3) is 5.91 Å². The van der Waals surface area contributed by atoms with Crippen LogP contribution in [-0.2, 0) is 22.2 Å². The van der Waals surface area contributed by atoms with Gasteiger partial charge in [0.2, 0.25) is 11.8 Å². The minimum absolute atomic E-state index is 0.0523. The Morgan fingerprint density at radius 3 is 2.29 bits per heavy atom. The Morgan fingerprint density at radius 1 is 1.06 bits per heavy atom. The second kappa shape index (κ2) is 10.1. The van der Waals surface area contributed by atoms with E-state index in [0.29, 0.717) is 11.6 Å². The molecule has 0 fully saturated rings. The maximum absolute atomic E-state index is 14.2. The van der Waals surface area contributed by atoms with E-state index in [-0.39, 0.29) is 24.9 Å². The van der Waals surface area contributed by atoms with Gasteiger partial charge in [-0.15, -0.1) is 0 Å². The molecule has 166 valence electrons. The topological polar surface area (TPSA) is 101 Å². The smallest absolute Gasteiger partial charge is 0.370 e. The first kappa shape index (κ1) is 23.8. The summed E-state index contributed by atoms with van der Waals surface area (Å²) in [6, 6.07) is 8.89. The number of rotatable bonds is 8. The molecule has 0 heterocycles. The average Bonchev–Trinajstić information content (AvgIpc) is 2.68. The lowest BCUT2D eigenvalue weighted by Crippen LogP contribution is -2.48. The Hall–Kier alpha value is -3.43. The van der Waals surface area contributed by atoms with Crippen LogP contribution in [0.1, 0.15) is 33.5 Å². The van der Waals surface area contributed by atoms with E-state index in [1.165, 1.54) is 0 Å². The lowest BCUT2D eigenvalue weighted by molar-refractivity contribution is -0.140. The Morgan fingerprint density at radius 2 is 1.71 bits per heavy atom. The number of nitrogens with one attached hydrogen (secondary N) is 2. The van der Waals surface area contributed by atoms with Gasteiger partial charge in [-0.05, 0) is 30.2 Å². The first-order chi connectivity index (χ1) is 14.5. The van der Waals surface area contributed by atoms with Crippen molar-refractivity contribution in [3.63, 3.8) is 0 Å². The average molecular weight is 439 g/mol. The fourth-order valence-corrected chi connectivity index (χ4v) is 2.88. The van der Waals surface area contributed by atoms with Gasteiger partial charge in [0.1, 0.15) is 11.9 Å².